The van der Waals surface area contributed by atoms with Gasteiger partial charge in [-0.2, -0.15) is 10.4 Å². The Kier molecular flexibility index (Phi) is 4.48. The van der Waals surface area contributed by atoms with E-state index < -0.39 is 28.2 Å². The van der Waals surface area contributed by atoms with Crippen LogP contribution in [-0.4, -0.2) is 31.8 Å². The molecule has 2 aromatic rings. The topological polar surface area (TPSA) is 140 Å². The van der Waals surface area contributed by atoms with Crippen LogP contribution in [-0.2, 0) is 4.79 Å². The van der Waals surface area contributed by atoms with Crippen molar-refractivity contribution >= 4 is 17.3 Å². The number of rotatable bonds is 3. The van der Waals surface area contributed by atoms with Crippen molar-refractivity contribution in [1.29, 1.82) is 5.26 Å². The van der Waals surface area contributed by atoms with Gasteiger partial charge in [-0.1, -0.05) is 12.1 Å². The zero-order chi connectivity index (χ0) is 19.7. The monoisotopic (exact) mass is 366 g/mol. The fourth-order valence-corrected chi connectivity index (χ4v) is 2.96. The zero-order valence-corrected chi connectivity index (χ0v) is 14.2. The maximum Gasteiger partial charge on any atom is 0.315 e. The number of amides is 1. The zero-order valence-electron chi connectivity index (χ0n) is 14.2. The first-order chi connectivity index (χ1) is 12.8. The van der Waals surface area contributed by atoms with Crippen molar-refractivity contribution in [2.24, 2.45) is 5.10 Å². The van der Waals surface area contributed by atoms with Crippen LogP contribution in [0.25, 0.3) is 0 Å². The fraction of sp³-hybridized carbons (Fsp3) is 0.167. The third-order valence-corrected chi connectivity index (χ3v) is 4.23. The van der Waals surface area contributed by atoms with E-state index in [4.69, 9.17) is 5.26 Å². The van der Waals surface area contributed by atoms with E-state index in [9.17, 15) is 25.1 Å². The summed E-state index contributed by atoms with van der Waals surface area (Å²) in [6.45, 7) is 1.34. The maximum absolute atomic E-state index is 12.0. The Labute approximate surface area is 153 Å². The lowest BCUT2D eigenvalue weighted by atomic mass is 9.97. The van der Waals surface area contributed by atoms with Gasteiger partial charge in [0.25, 0.3) is 0 Å². The van der Waals surface area contributed by atoms with Crippen LogP contribution in [0.15, 0.2) is 41.5 Å². The molecule has 2 N–H and O–H groups in total. The molecule has 3 rings (SSSR count). The molecular weight excluding hydrogens is 352 g/mol. The Morgan fingerprint density at radius 2 is 2.11 bits per heavy atom. The average Bonchev–Trinajstić information content (AvgIpc) is 3.09. The minimum atomic E-state index is -0.830. The van der Waals surface area contributed by atoms with Crippen LogP contribution in [0, 0.1) is 21.4 Å². The largest absolute Gasteiger partial charge is 0.504 e. The summed E-state index contributed by atoms with van der Waals surface area (Å²) >= 11 is 0. The van der Waals surface area contributed by atoms with Crippen LogP contribution >= 0.6 is 0 Å². The lowest BCUT2D eigenvalue weighted by Crippen LogP contribution is -2.24. The number of nitriles is 1. The first-order valence-electron chi connectivity index (χ1n) is 7.90. The van der Waals surface area contributed by atoms with E-state index in [2.05, 4.69) is 5.10 Å². The molecule has 1 amide bonds. The van der Waals surface area contributed by atoms with Crippen LogP contribution in [0.4, 0.5) is 5.69 Å². The Morgan fingerprint density at radius 3 is 2.74 bits per heavy atom. The number of aromatic hydroxyl groups is 2. The summed E-state index contributed by atoms with van der Waals surface area (Å²) in [7, 11) is 0. The van der Waals surface area contributed by atoms with Gasteiger partial charge in [0.2, 0.25) is 11.7 Å². The van der Waals surface area contributed by atoms with Crippen molar-refractivity contribution in [2.45, 2.75) is 19.4 Å². The number of hydrazone groups is 1. The summed E-state index contributed by atoms with van der Waals surface area (Å²) in [5.74, 6) is -1.81. The third kappa shape index (κ3) is 3.28. The van der Waals surface area contributed by atoms with Gasteiger partial charge in [-0.05, 0) is 23.8 Å². The van der Waals surface area contributed by atoms with Crippen LogP contribution in [0.2, 0.25) is 0 Å². The Morgan fingerprint density at radius 1 is 1.37 bits per heavy atom. The maximum atomic E-state index is 12.0. The van der Waals surface area contributed by atoms with Gasteiger partial charge in [-0.15, -0.1) is 0 Å². The van der Waals surface area contributed by atoms with Gasteiger partial charge in [0.05, 0.1) is 28.3 Å². The van der Waals surface area contributed by atoms with E-state index in [0.717, 1.165) is 12.1 Å². The molecule has 0 saturated heterocycles. The number of carbonyl (C=O) groups is 1. The van der Waals surface area contributed by atoms with Crippen LogP contribution < -0.4 is 0 Å². The molecular formula is C18H14N4O5. The molecule has 27 heavy (non-hydrogen) atoms. The minimum absolute atomic E-state index is 0.224. The number of benzene rings is 2. The first-order valence-corrected chi connectivity index (χ1v) is 7.90. The number of phenols is 2. The normalized spacial score (nSPS) is 15.9. The van der Waals surface area contributed by atoms with Crippen LogP contribution in [0.1, 0.15) is 36.1 Å². The highest BCUT2D eigenvalue weighted by atomic mass is 16.6. The highest BCUT2D eigenvalue weighted by molar-refractivity contribution is 6.04. The van der Waals surface area contributed by atoms with E-state index in [1.54, 1.807) is 24.3 Å². The second kappa shape index (κ2) is 6.76. The molecule has 136 valence electrons. The van der Waals surface area contributed by atoms with Gasteiger partial charge < -0.3 is 10.2 Å². The third-order valence-electron chi connectivity index (χ3n) is 4.23. The minimum Gasteiger partial charge on any atom is -0.504 e. The standard InChI is InChI=1S/C18H14N4O5/c1-10(23)21-15(12-4-2-3-11(5-12)9-19)8-14(20-21)13-6-16(22(26)27)18(25)17(24)7-13/h2-7,15,24-25H,8H2,1H3. The summed E-state index contributed by atoms with van der Waals surface area (Å²) in [6, 6.07) is 10.6. The highest BCUT2D eigenvalue weighted by Crippen LogP contribution is 2.39. The molecule has 0 spiro atoms. The summed E-state index contributed by atoms with van der Waals surface area (Å²) in [4.78, 5) is 22.3. The smallest absolute Gasteiger partial charge is 0.315 e. The van der Waals surface area contributed by atoms with Crippen molar-refractivity contribution in [3.8, 4) is 17.6 Å². The van der Waals surface area contributed by atoms with Crippen molar-refractivity contribution < 1.29 is 19.9 Å². The lowest BCUT2D eigenvalue weighted by molar-refractivity contribution is -0.386. The predicted octanol–water partition coefficient (Wildman–Crippen LogP) is 2.58. The molecule has 2 aromatic carbocycles. The summed E-state index contributed by atoms with van der Waals surface area (Å²) in [5, 5.41) is 45.1. The molecule has 1 unspecified atom stereocenters. The van der Waals surface area contributed by atoms with Crippen molar-refractivity contribution in [2.75, 3.05) is 0 Å². The molecule has 1 atom stereocenters. The van der Waals surface area contributed by atoms with Gasteiger partial charge in [-0.3, -0.25) is 14.9 Å². The second-order valence-electron chi connectivity index (χ2n) is 5.99. The number of nitro benzene ring substituents is 1. The van der Waals surface area contributed by atoms with Crippen molar-refractivity contribution in [3.63, 3.8) is 0 Å². The van der Waals surface area contributed by atoms with Gasteiger partial charge in [0.1, 0.15) is 0 Å². The highest BCUT2D eigenvalue weighted by Gasteiger charge is 2.33. The van der Waals surface area contributed by atoms with Crippen LogP contribution in [0.5, 0.6) is 11.5 Å². The summed E-state index contributed by atoms with van der Waals surface area (Å²) < 4.78 is 0. The molecule has 1 heterocycles. The van der Waals surface area contributed by atoms with Gasteiger partial charge in [0.15, 0.2) is 5.75 Å². The van der Waals surface area contributed by atoms with E-state index in [-0.39, 0.29) is 17.9 Å². The van der Waals surface area contributed by atoms with Gasteiger partial charge in [0, 0.05) is 25.0 Å². The molecule has 0 aromatic heterocycles. The molecule has 0 aliphatic carbocycles. The molecule has 0 fully saturated rings. The molecule has 1 aliphatic heterocycles. The van der Waals surface area contributed by atoms with E-state index in [1.807, 2.05) is 6.07 Å². The second-order valence-corrected chi connectivity index (χ2v) is 5.99. The van der Waals surface area contributed by atoms with E-state index >= 15 is 0 Å². The first kappa shape index (κ1) is 17.9. The number of phenolic OH excluding ortho intramolecular Hbond substituents is 2. The quantitative estimate of drug-likeness (QED) is 0.486. The Balaban J connectivity index is 2.04. The number of nitro groups is 1. The Hall–Kier alpha value is -3.93. The molecule has 1 aliphatic rings. The lowest BCUT2D eigenvalue weighted by Gasteiger charge is -2.20. The number of hydrogen-bond acceptors (Lipinski definition) is 7. The van der Waals surface area contributed by atoms with E-state index in [0.29, 0.717) is 16.8 Å². The molecule has 0 radical (unpaired) electrons. The fourth-order valence-electron chi connectivity index (χ4n) is 2.96. The van der Waals surface area contributed by atoms with Crippen molar-refractivity contribution in [1.82, 2.24) is 5.01 Å². The summed E-state index contributed by atoms with van der Waals surface area (Å²) in [6.07, 6.45) is 0.232. The van der Waals surface area contributed by atoms with E-state index in [1.165, 1.54) is 11.9 Å². The van der Waals surface area contributed by atoms with Crippen LogP contribution in [0.3, 0.4) is 0 Å². The number of hydrogen-bond donors (Lipinski definition) is 2. The van der Waals surface area contributed by atoms with Gasteiger partial charge in [-0.25, -0.2) is 5.01 Å². The molecule has 9 heteroatoms. The molecule has 0 bridgehead atoms. The predicted molar refractivity (Wildman–Crippen MR) is 94.0 cm³/mol. The van der Waals surface area contributed by atoms with Gasteiger partial charge >= 0.3 is 5.69 Å². The molecule has 9 nitrogen and oxygen atoms in total. The number of carbonyl (C=O) groups excluding carboxylic acids is 1. The number of nitrogens with zero attached hydrogens (tertiary/aromatic N) is 4. The SMILES string of the molecule is CC(=O)N1N=C(c2cc(O)c(O)c([N+](=O)[O-])c2)CC1c1cccc(C#N)c1. The summed E-state index contributed by atoms with van der Waals surface area (Å²) in [5.41, 5.74) is 1.04. The average molecular weight is 366 g/mol. The Bertz CT molecular complexity index is 1020. The van der Waals surface area contributed by atoms with Crippen molar-refractivity contribution in [3.05, 3.63) is 63.2 Å². The molecule has 0 saturated carbocycles.